The number of hydrogen-bond acceptors (Lipinski definition) is 4. The summed E-state index contributed by atoms with van der Waals surface area (Å²) in [6.45, 7) is 5.86. The fraction of sp³-hybridized carbons (Fsp3) is 0.290. The SMILES string of the molecule is C[C@@H](c1ccc(/C=C/c2n[nH]c3cc(C4CC45C(=O)Nc4ccccc45)ccc23)cc1)N1CCOCC1.Cl. The molecule has 6 nitrogen and oxygen atoms in total. The molecular formula is C31H31ClN4O2. The van der Waals surface area contributed by atoms with Crippen molar-refractivity contribution in [2.75, 3.05) is 31.6 Å². The highest BCUT2D eigenvalue weighted by Crippen LogP contribution is 2.64. The molecule has 2 aliphatic heterocycles. The van der Waals surface area contributed by atoms with Crippen LogP contribution in [0.1, 0.15) is 53.3 Å². The molecule has 7 heteroatoms. The number of carbonyl (C=O) groups is 1. The van der Waals surface area contributed by atoms with E-state index < -0.39 is 5.41 Å². The van der Waals surface area contributed by atoms with Gasteiger partial charge in [-0.25, -0.2) is 0 Å². The molecule has 2 N–H and O–H groups in total. The van der Waals surface area contributed by atoms with E-state index in [1.54, 1.807) is 0 Å². The Labute approximate surface area is 228 Å². The molecule has 3 atom stereocenters. The lowest BCUT2D eigenvalue weighted by molar-refractivity contribution is -0.118. The summed E-state index contributed by atoms with van der Waals surface area (Å²) in [5.74, 6) is 0.318. The number of halogens is 1. The summed E-state index contributed by atoms with van der Waals surface area (Å²) in [4.78, 5) is 15.3. The Balaban J connectivity index is 0.00000264. The van der Waals surface area contributed by atoms with Gasteiger partial charge in [0.2, 0.25) is 5.91 Å². The molecule has 2 unspecified atom stereocenters. The van der Waals surface area contributed by atoms with Gasteiger partial charge in [-0.05, 0) is 53.8 Å². The maximum atomic E-state index is 12.9. The molecular weight excluding hydrogens is 496 g/mol. The molecule has 1 spiro atoms. The number of aromatic amines is 1. The van der Waals surface area contributed by atoms with Crippen molar-refractivity contribution < 1.29 is 9.53 Å². The number of amides is 1. The maximum Gasteiger partial charge on any atom is 0.235 e. The average molecular weight is 527 g/mol. The summed E-state index contributed by atoms with van der Waals surface area (Å²) in [5.41, 5.74) is 7.24. The van der Waals surface area contributed by atoms with Crippen molar-refractivity contribution in [3.8, 4) is 0 Å². The van der Waals surface area contributed by atoms with Gasteiger partial charge in [-0.15, -0.1) is 12.4 Å². The third kappa shape index (κ3) is 4.04. The number of H-pyrrole nitrogens is 1. The first-order chi connectivity index (χ1) is 18.1. The van der Waals surface area contributed by atoms with Crippen molar-refractivity contribution >= 4 is 47.1 Å². The van der Waals surface area contributed by atoms with Crippen LogP contribution in [0.25, 0.3) is 23.1 Å². The van der Waals surface area contributed by atoms with Crippen molar-refractivity contribution in [2.45, 2.75) is 30.7 Å². The molecule has 0 bridgehead atoms. The second-order valence-electron chi connectivity index (χ2n) is 10.5. The first kappa shape index (κ1) is 24.9. The van der Waals surface area contributed by atoms with Gasteiger partial charge in [0.1, 0.15) is 0 Å². The van der Waals surface area contributed by atoms with Crippen LogP contribution < -0.4 is 5.32 Å². The van der Waals surface area contributed by atoms with E-state index in [9.17, 15) is 4.79 Å². The summed E-state index contributed by atoms with van der Waals surface area (Å²) >= 11 is 0. The number of rotatable bonds is 5. The molecule has 1 aromatic heterocycles. The molecule has 1 saturated heterocycles. The molecule has 38 heavy (non-hydrogen) atoms. The number of nitrogens with one attached hydrogen (secondary N) is 2. The first-order valence-corrected chi connectivity index (χ1v) is 13.1. The maximum absolute atomic E-state index is 12.9. The number of para-hydroxylation sites is 1. The number of aromatic nitrogens is 2. The lowest BCUT2D eigenvalue weighted by Crippen LogP contribution is -2.37. The standard InChI is InChI=1S/C31H30N4O2.ClH/c1-20(35-14-16-37-17-15-35)22-9-6-21(7-10-22)8-13-27-24-12-11-23(18-29(24)34-33-27)26-19-31(26)25-4-2-3-5-28(25)32-30(31)36;/h2-13,18,20,26H,14-17,19H2,1H3,(H,32,36)(H,33,34);1H/b13-8+;/t20-,26?,31?;/m0./s1. The Morgan fingerprint density at radius 1 is 1.05 bits per heavy atom. The molecule has 1 aliphatic carbocycles. The van der Waals surface area contributed by atoms with E-state index in [1.807, 2.05) is 18.2 Å². The minimum Gasteiger partial charge on any atom is -0.379 e. The number of benzene rings is 3. The monoisotopic (exact) mass is 526 g/mol. The van der Waals surface area contributed by atoms with Crippen LogP contribution in [0.15, 0.2) is 66.7 Å². The van der Waals surface area contributed by atoms with Crippen LogP contribution in [-0.4, -0.2) is 47.3 Å². The molecule has 1 saturated carbocycles. The first-order valence-electron chi connectivity index (χ1n) is 13.1. The van der Waals surface area contributed by atoms with Gasteiger partial charge in [-0.3, -0.25) is 14.8 Å². The number of carbonyl (C=O) groups excluding carboxylic acids is 1. The van der Waals surface area contributed by atoms with Crippen LogP contribution >= 0.6 is 12.4 Å². The van der Waals surface area contributed by atoms with Crippen LogP contribution in [0.3, 0.4) is 0 Å². The lowest BCUT2D eigenvalue weighted by Gasteiger charge is -2.32. The molecule has 3 aromatic carbocycles. The Morgan fingerprint density at radius 2 is 1.84 bits per heavy atom. The van der Waals surface area contributed by atoms with Gasteiger partial charge < -0.3 is 10.1 Å². The number of morpholine rings is 1. The van der Waals surface area contributed by atoms with E-state index >= 15 is 0 Å². The highest BCUT2D eigenvalue weighted by molar-refractivity contribution is 6.09. The number of fused-ring (bicyclic) bond motifs is 3. The number of anilines is 1. The van der Waals surface area contributed by atoms with E-state index in [1.165, 1.54) is 11.1 Å². The van der Waals surface area contributed by atoms with Crippen molar-refractivity contribution in [3.63, 3.8) is 0 Å². The van der Waals surface area contributed by atoms with Gasteiger partial charge in [0.05, 0.1) is 29.8 Å². The molecule has 4 aromatic rings. The predicted octanol–water partition coefficient (Wildman–Crippen LogP) is 5.93. The quantitative estimate of drug-likeness (QED) is 0.338. The second kappa shape index (κ2) is 9.70. The summed E-state index contributed by atoms with van der Waals surface area (Å²) < 4.78 is 5.49. The van der Waals surface area contributed by atoms with Gasteiger partial charge in [0.25, 0.3) is 0 Å². The Kier molecular flexibility index (Phi) is 6.34. The largest absolute Gasteiger partial charge is 0.379 e. The van der Waals surface area contributed by atoms with Crippen molar-refractivity contribution in [1.29, 1.82) is 0 Å². The fourth-order valence-corrected chi connectivity index (χ4v) is 6.19. The Hall–Kier alpha value is -3.45. The van der Waals surface area contributed by atoms with Crippen molar-refractivity contribution in [3.05, 3.63) is 94.7 Å². The molecule has 0 radical (unpaired) electrons. The van der Waals surface area contributed by atoms with Crippen LogP contribution in [-0.2, 0) is 14.9 Å². The molecule has 3 heterocycles. The number of ether oxygens (including phenoxy) is 1. The Bertz CT molecular complexity index is 1520. The Morgan fingerprint density at radius 3 is 2.66 bits per heavy atom. The minimum absolute atomic E-state index is 0. The van der Waals surface area contributed by atoms with Gasteiger partial charge >= 0.3 is 0 Å². The van der Waals surface area contributed by atoms with E-state index in [-0.39, 0.29) is 24.2 Å². The zero-order chi connectivity index (χ0) is 25.0. The fourth-order valence-electron chi connectivity index (χ4n) is 6.19. The normalized spacial score (nSPS) is 23.4. The van der Waals surface area contributed by atoms with E-state index in [0.29, 0.717) is 6.04 Å². The summed E-state index contributed by atoms with van der Waals surface area (Å²) in [6, 6.07) is 23.7. The third-order valence-corrected chi connectivity index (χ3v) is 8.49. The van der Waals surface area contributed by atoms with Gasteiger partial charge in [-0.1, -0.05) is 60.7 Å². The summed E-state index contributed by atoms with van der Waals surface area (Å²) in [7, 11) is 0. The van der Waals surface area contributed by atoms with Gasteiger partial charge in [-0.2, -0.15) is 5.10 Å². The van der Waals surface area contributed by atoms with E-state index in [4.69, 9.17) is 4.74 Å². The highest BCUT2D eigenvalue weighted by atomic mass is 35.5. The van der Waals surface area contributed by atoms with Crippen LogP contribution in [0.4, 0.5) is 5.69 Å². The third-order valence-electron chi connectivity index (χ3n) is 8.49. The number of hydrogen-bond donors (Lipinski definition) is 2. The lowest BCUT2D eigenvalue weighted by atomic mass is 9.92. The summed E-state index contributed by atoms with van der Waals surface area (Å²) in [5, 5.41) is 11.9. The molecule has 2 fully saturated rings. The second-order valence-corrected chi connectivity index (χ2v) is 10.5. The van der Waals surface area contributed by atoms with Gasteiger partial charge in [0.15, 0.2) is 0 Å². The topological polar surface area (TPSA) is 70.2 Å². The molecule has 3 aliphatic rings. The van der Waals surface area contributed by atoms with Crippen molar-refractivity contribution in [1.82, 2.24) is 15.1 Å². The van der Waals surface area contributed by atoms with Crippen LogP contribution in [0.2, 0.25) is 0 Å². The van der Waals surface area contributed by atoms with E-state index in [0.717, 1.165) is 66.1 Å². The number of nitrogens with zero attached hydrogens (tertiary/aromatic N) is 2. The summed E-state index contributed by atoms with van der Waals surface area (Å²) in [6.07, 6.45) is 5.03. The van der Waals surface area contributed by atoms with Crippen molar-refractivity contribution in [2.24, 2.45) is 0 Å². The molecule has 7 rings (SSSR count). The van der Waals surface area contributed by atoms with Gasteiger partial charge in [0, 0.05) is 36.1 Å². The van der Waals surface area contributed by atoms with Crippen LogP contribution in [0.5, 0.6) is 0 Å². The molecule has 1 amide bonds. The predicted molar refractivity (Wildman–Crippen MR) is 154 cm³/mol. The average Bonchev–Trinajstić information content (AvgIpc) is 3.48. The minimum atomic E-state index is -0.418. The van der Waals surface area contributed by atoms with E-state index in [2.05, 4.69) is 88.0 Å². The molecule has 194 valence electrons. The zero-order valence-corrected chi connectivity index (χ0v) is 22.1. The van der Waals surface area contributed by atoms with Crippen LogP contribution in [0, 0.1) is 0 Å². The smallest absolute Gasteiger partial charge is 0.235 e. The zero-order valence-electron chi connectivity index (χ0n) is 21.3. The highest BCUT2D eigenvalue weighted by Gasteiger charge is 2.65.